The van der Waals surface area contributed by atoms with Crippen molar-refractivity contribution in [3.63, 3.8) is 0 Å². The Morgan fingerprint density at radius 3 is 2.64 bits per heavy atom. The van der Waals surface area contributed by atoms with E-state index in [9.17, 15) is 14.0 Å². The fourth-order valence-electron chi connectivity index (χ4n) is 2.62. The molecule has 0 spiro atoms. The molecule has 8 heteroatoms. The van der Waals surface area contributed by atoms with Gasteiger partial charge in [0.25, 0.3) is 5.91 Å². The lowest BCUT2D eigenvalue weighted by Crippen LogP contribution is -2.49. The maximum Gasteiger partial charge on any atom is 0.305 e. The number of aromatic nitrogens is 3. The van der Waals surface area contributed by atoms with Gasteiger partial charge in [0.05, 0.1) is 24.7 Å². The van der Waals surface area contributed by atoms with E-state index in [0.717, 1.165) is 0 Å². The first-order valence-corrected chi connectivity index (χ1v) is 8.06. The van der Waals surface area contributed by atoms with Crippen LogP contribution in [-0.4, -0.2) is 37.5 Å². The zero-order valence-corrected chi connectivity index (χ0v) is 14.2. The van der Waals surface area contributed by atoms with Gasteiger partial charge in [-0.05, 0) is 30.5 Å². The van der Waals surface area contributed by atoms with Gasteiger partial charge >= 0.3 is 5.97 Å². The molecule has 1 aromatic carbocycles. The van der Waals surface area contributed by atoms with E-state index in [1.54, 1.807) is 12.1 Å². The fraction of sp³-hybridized carbons (Fsp3) is 0.412. The third kappa shape index (κ3) is 4.85. The Kier molecular flexibility index (Phi) is 5.84. The molecule has 2 N–H and O–H groups in total. The van der Waals surface area contributed by atoms with Crippen molar-refractivity contribution in [2.45, 2.75) is 45.2 Å². The number of nitrogens with one attached hydrogen (secondary N) is 1. The van der Waals surface area contributed by atoms with Gasteiger partial charge in [-0.25, -0.2) is 9.07 Å². The Balaban J connectivity index is 2.10. The van der Waals surface area contributed by atoms with Crippen LogP contribution in [0.3, 0.4) is 0 Å². The van der Waals surface area contributed by atoms with Gasteiger partial charge in [-0.1, -0.05) is 31.2 Å². The molecule has 0 aliphatic heterocycles. The van der Waals surface area contributed by atoms with E-state index in [0.29, 0.717) is 18.4 Å². The van der Waals surface area contributed by atoms with Crippen molar-refractivity contribution in [1.29, 1.82) is 0 Å². The molecule has 1 amide bonds. The normalized spacial score (nSPS) is 11.3. The molecule has 1 aromatic heterocycles. The van der Waals surface area contributed by atoms with Gasteiger partial charge in [-0.2, -0.15) is 0 Å². The molecule has 2 rings (SSSR count). The number of amides is 1. The number of carbonyl (C=O) groups excluding carboxylic acids is 1. The highest BCUT2D eigenvalue weighted by atomic mass is 19.1. The molecule has 0 fully saturated rings. The fourth-order valence-corrected chi connectivity index (χ4v) is 2.62. The van der Waals surface area contributed by atoms with Gasteiger partial charge in [0.2, 0.25) is 0 Å². The minimum atomic E-state index is -0.973. The third-order valence-electron chi connectivity index (χ3n) is 4.23. The van der Waals surface area contributed by atoms with Crippen LogP contribution in [0.1, 0.15) is 49.2 Å². The second kappa shape index (κ2) is 7.87. The van der Waals surface area contributed by atoms with E-state index in [1.165, 1.54) is 23.0 Å². The summed E-state index contributed by atoms with van der Waals surface area (Å²) in [6.45, 7) is 3.93. The average molecular weight is 348 g/mol. The van der Waals surface area contributed by atoms with Crippen LogP contribution in [0.5, 0.6) is 0 Å². The lowest BCUT2D eigenvalue weighted by molar-refractivity contribution is -0.138. The highest BCUT2D eigenvalue weighted by Crippen LogP contribution is 2.20. The summed E-state index contributed by atoms with van der Waals surface area (Å²) < 4.78 is 14.6. The van der Waals surface area contributed by atoms with Crippen molar-refractivity contribution in [3.8, 4) is 0 Å². The predicted octanol–water partition coefficient (Wildman–Crippen LogP) is 2.23. The number of rotatable bonds is 8. The van der Waals surface area contributed by atoms with E-state index in [4.69, 9.17) is 5.11 Å². The summed E-state index contributed by atoms with van der Waals surface area (Å²) in [6.07, 6.45) is 2.26. The summed E-state index contributed by atoms with van der Waals surface area (Å²) >= 11 is 0. The number of hydrogen-bond acceptors (Lipinski definition) is 4. The van der Waals surface area contributed by atoms with Crippen LogP contribution < -0.4 is 5.32 Å². The molecule has 7 nitrogen and oxygen atoms in total. The molecule has 1 heterocycles. The summed E-state index contributed by atoms with van der Waals surface area (Å²) in [6, 6.07) is 6.07. The van der Waals surface area contributed by atoms with Crippen LogP contribution in [0.15, 0.2) is 30.5 Å². The summed E-state index contributed by atoms with van der Waals surface area (Å²) in [5.74, 6) is -1.80. The van der Waals surface area contributed by atoms with E-state index < -0.39 is 17.4 Å². The molecule has 0 saturated carbocycles. The van der Waals surface area contributed by atoms with Crippen molar-refractivity contribution < 1.29 is 19.1 Å². The van der Waals surface area contributed by atoms with E-state index >= 15 is 0 Å². The Labute approximate surface area is 144 Å². The van der Waals surface area contributed by atoms with Crippen LogP contribution in [0, 0.1) is 5.82 Å². The van der Waals surface area contributed by atoms with Crippen LogP contribution >= 0.6 is 0 Å². The minimum Gasteiger partial charge on any atom is -0.481 e. The van der Waals surface area contributed by atoms with Gasteiger partial charge in [0, 0.05) is 0 Å². The monoisotopic (exact) mass is 348 g/mol. The first-order valence-electron chi connectivity index (χ1n) is 8.06. The molecule has 0 radical (unpaired) electrons. The summed E-state index contributed by atoms with van der Waals surface area (Å²) in [5, 5.41) is 19.5. The SMILES string of the molecule is CCC(CC)(CC(=O)O)NC(=O)c1cn(Cc2cccc(F)c2)nn1. The molecule has 0 aliphatic rings. The predicted molar refractivity (Wildman–Crippen MR) is 88.6 cm³/mol. The Morgan fingerprint density at radius 2 is 2.04 bits per heavy atom. The molecular formula is C17H21FN4O3. The number of carbonyl (C=O) groups is 2. The first-order chi connectivity index (χ1) is 11.9. The largest absolute Gasteiger partial charge is 0.481 e. The van der Waals surface area contributed by atoms with Crippen molar-refractivity contribution >= 4 is 11.9 Å². The lowest BCUT2D eigenvalue weighted by Gasteiger charge is -2.30. The third-order valence-corrected chi connectivity index (χ3v) is 4.23. The van der Waals surface area contributed by atoms with Crippen LogP contribution in [0.4, 0.5) is 4.39 Å². The number of carboxylic acid groups (broad SMARTS) is 1. The second-order valence-electron chi connectivity index (χ2n) is 5.94. The van der Waals surface area contributed by atoms with Crippen LogP contribution in [0.25, 0.3) is 0 Å². The van der Waals surface area contributed by atoms with Crippen LogP contribution in [-0.2, 0) is 11.3 Å². The average Bonchev–Trinajstić information content (AvgIpc) is 3.02. The molecule has 2 aromatic rings. The van der Waals surface area contributed by atoms with Crippen molar-refractivity contribution in [2.75, 3.05) is 0 Å². The Bertz CT molecular complexity index is 756. The molecule has 0 bridgehead atoms. The second-order valence-corrected chi connectivity index (χ2v) is 5.94. The van der Waals surface area contributed by atoms with E-state index in [1.807, 2.05) is 13.8 Å². The maximum absolute atomic E-state index is 13.2. The van der Waals surface area contributed by atoms with Gasteiger partial charge in [-0.3, -0.25) is 9.59 Å². The standard InChI is InChI=1S/C17H21FN4O3/c1-3-17(4-2,9-15(23)24)19-16(25)14-11-22(21-20-14)10-12-6-5-7-13(18)8-12/h5-8,11H,3-4,9-10H2,1-2H3,(H,19,25)(H,23,24). The zero-order valence-electron chi connectivity index (χ0n) is 14.2. The highest BCUT2D eigenvalue weighted by Gasteiger charge is 2.32. The maximum atomic E-state index is 13.2. The van der Waals surface area contributed by atoms with Crippen molar-refractivity contribution in [3.05, 3.63) is 47.5 Å². The van der Waals surface area contributed by atoms with Gasteiger partial charge in [-0.15, -0.1) is 5.10 Å². The zero-order chi connectivity index (χ0) is 18.4. The van der Waals surface area contributed by atoms with Crippen molar-refractivity contribution in [2.24, 2.45) is 0 Å². The quantitative estimate of drug-likeness (QED) is 0.762. The topological polar surface area (TPSA) is 97.1 Å². The van der Waals surface area contributed by atoms with Gasteiger partial charge < -0.3 is 10.4 Å². The molecule has 0 atom stereocenters. The number of carboxylic acids is 1. The van der Waals surface area contributed by atoms with E-state index in [2.05, 4.69) is 15.6 Å². The minimum absolute atomic E-state index is 0.0908. The lowest BCUT2D eigenvalue weighted by atomic mass is 9.89. The molecule has 0 unspecified atom stereocenters. The summed E-state index contributed by atoms with van der Waals surface area (Å²) in [5.41, 5.74) is -0.0396. The Hall–Kier alpha value is -2.77. The highest BCUT2D eigenvalue weighted by molar-refractivity contribution is 5.92. The van der Waals surface area contributed by atoms with Gasteiger partial charge in [0.1, 0.15) is 5.82 Å². The van der Waals surface area contributed by atoms with E-state index in [-0.39, 0.29) is 24.5 Å². The number of benzene rings is 1. The Morgan fingerprint density at radius 1 is 1.32 bits per heavy atom. The molecule has 134 valence electrons. The first kappa shape index (κ1) is 18.6. The molecule has 0 saturated heterocycles. The number of halogens is 1. The van der Waals surface area contributed by atoms with Crippen molar-refractivity contribution in [1.82, 2.24) is 20.3 Å². The molecule has 25 heavy (non-hydrogen) atoms. The van der Waals surface area contributed by atoms with Crippen LogP contribution in [0.2, 0.25) is 0 Å². The number of aliphatic carboxylic acids is 1. The van der Waals surface area contributed by atoms with Gasteiger partial charge in [0.15, 0.2) is 5.69 Å². The summed E-state index contributed by atoms with van der Waals surface area (Å²) in [4.78, 5) is 23.5. The number of hydrogen-bond donors (Lipinski definition) is 2. The molecular weight excluding hydrogens is 327 g/mol. The number of nitrogens with zero attached hydrogens (tertiary/aromatic N) is 3. The molecule has 0 aliphatic carbocycles. The smallest absolute Gasteiger partial charge is 0.305 e. The summed E-state index contributed by atoms with van der Waals surface area (Å²) in [7, 11) is 0.